The number of benzene rings is 1. The lowest BCUT2D eigenvalue weighted by Gasteiger charge is -2.24. The third kappa shape index (κ3) is 3.12. The summed E-state index contributed by atoms with van der Waals surface area (Å²) in [5, 5.41) is 6.16. The Morgan fingerprint density at radius 3 is 2.91 bits per heavy atom. The number of fused-ring (bicyclic) bond motifs is 3. The van der Waals surface area contributed by atoms with Gasteiger partial charge in [-0.25, -0.2) is 4.79 Å². The van der Waals surface area contributed by atoms with E-state index in [0.29, 0.717) is 24.4 Å². The predicted molar refractivity (Wildman–Crippen MR) is 87.0 cm³/mol. The molecule has 2 N–H and O–H groups in total. The molecular weight excluding hydrogens is 276 g/mol. The van der Waals surface area contributed by atoms with Crippen molar-refractivity contribution < 1.29 is 9.53 Å². The maximum atomic E-state index is 12.1. The Labute approximate surface area is 132 Å². The summed E-state index contributed by atoms with van der Waals surface area (Å²) < 4.78 is 5.11. The molecule has 2 aliphatic carbocycles. The molecule has 1 aromatic carbocycles. The zero-order valence-corrected chi connectivity index (χ0v) is 13.7. The molecule has 120 valence electrons. The minimum absolute atomic E-state index is 0.0395. The summed E-state index contributed by atoms with van der Waals surface area (Å²) in [6.07, 6.45) is 2.04. The van der Waals surface area contributed by atoms with Crippen molar-refractivity contribution in [3.63, 3.8) is 0 Å². The molecule has 0 aliphatic heterocycles. The predicted octanol–water partition coefficient (Wildman–Crippen LogP) is 2.69. The topological polar surface area (TPSA) is 50.4 Å². The van der Waals surface area contributed by atoms with Crippen molar-refractivity contribution in [2.24, 2.45) is 11.3 Å². The number of hydrogen-bond donors (Lipinski definition) is 2. The Kier molecular flexibility index (Phi) is 4.13. The third-order valence-electron chi connectivity index (χ3n) is 5.05. The average Bonchev–Trinajstić information content (AvgIpc) is 3.00. The Bertz CT molecular complexity index is 556. The largest absolute Gasteiger partial charge is 0.385 e. The molecule has 1 aromatic rings. The normalized spacial score (nSPS) is 25.3. The van der Waals surface area contributed by atoms with Gasteiger partial charge in [0, 0.05) is 32.2 Å². The Morgan fingerprint density at radius 2 is 2.14 bits per heavy atom. The van der Waals surface area contributed by atoms with Gasteiger partial charge < -0.3 is 15.4 Å². The second-order valence-electron chi connectivity index (χ2n) is 7.35. The number of amides is 2. The lowest BCUT2D eigenvalue weighted by molar-refractivity contribution is 0.151. The molecule has 3 rings (SSSR count). The molecule has 0 aromatic heterocycles. The number of rotatable bonds is 6. The van der Waals surface area contributed by atoms with Crippen LogP contribution in [-0.4, -0.2) is 32.3 Å². The van der Waals surface area contributed by atoms with E-state index in [-0.39, 0.29) is 11.4 Å². The fraction of sp³-hybridized carbons (Fsp3) is 0.611. The van der Waals surface area contributed by atoms with E-state index < -0.39 is 0 Å². The number of ether oxygens (including phenoxy) is 1. The van der Waals surface area contributed by atoms with E-state index in [9.17, 15) is 4.79 Å². The molecule has 0 radical (unpaired) electrons. The van der Waals surface area contributed by atoms with Crippen LogP contribution in [0, 0.1) is 11.3 Å². The van der Waals surface area contributed by atoms with Crippen LogP contribution < -0.4 is 10.6 Å². The molecule has 1 fully saturated rings. The Morgan fingerprint density at radius 1 is 1.36 bits per heavy atom. The highest BCUT2D eigenvalue weighted by Gasteiger charge is 2.56. The highest BCUT2D eigenvalue weighted by atomic mass is 16.5. The maximum absolute atomic E-state index is 12.1. The Balaban J connectivity index is 1.45. The summed E-state index contributed by atoms with van der Waals surface area (Å²) in [5.74, 6) is 1.13. The van der Waals surface area contributed by atoms with Gasteiger partial charge in [0.05, 0.1) is 0 Å². The fourth-order valence-corrected chi connectivity index (χ4v) is 3.54. The minimum atomic E-state index is -0.0395. The van der Waals surface area contributed by atoms with E-state index in [4.69, 9.17) is 4.74 Å². The molecule has 0 saturated heterocycles. The summed E-state index contributed by atoms with van der Waals surface area (Å²) in [7, 11) is 1.71. The highest BCUT2D eigenvalue weighted by molar-refractivity contribution is 5.75. The van der Waals surface area contributed by atoms with Crippen LogP contribution in [-0.2, 0) is 11.2 Å². The zero-order chi connectivity index (χ0) is 15.7. The van der Waals surface area contributed by atoms with Crippen molar-refractivity contribution in [3.8, 4) is 0 Å². The van der Waals surface area contributed by atoms with Crippen LogP contribution in [0.15, 0.2) is 24.3 Å². The van der Waals surface area contributed by atoms with Gasteiger partial charge >= 0.3 is 6.03 Å². The maximum Gasteiger partial charge on any atom is 0.315 e. The van der Waals surface area contributed by atoms with E-state index in [2.05, 4.69) is 48.7 Å². The molecule has 2 aliphatic rings. The van der Waals surface area contributed by atoms with Crippen molar-refractivity contribution >= 4 is 6.03 Å². The number of urea groups is 1. The van der Waals surface area contributed by atoms with Gasteiger partial charge in [-0.15, -0.1) is 0 Å². The van der Waals surface area contributed by atoms with E-state index >= 15 is 0 Å². The first-order valence-electron chi connectivity index (χ1n) is 8.13. The number of carbonyl (C=O) groups excluding carboxylic acids is 1. The van der Waals surface area contributed by atoms with E-state index in [1.807, 2.05) is 0 Å². The molecule has 4 nitrogen and oxygen atoms in total. The van der Waals surface area contributed by atoms with E-state index in [1.54, 1.807) is 7.11 Å². The molecular formula is C18H26N2O2. The van der Waals surface area contributed by atoms with Crippen LogP contribution >= 0.6 is 0 Å². The number of hydrogen-bond acceptors (Lipinski definition) is 2. The molecule has 1 saturated carbocycles. The molecule has 0 bridgehead atoms. The van der Waals surface area contributed by atoms with Crippen molar-refractivity contribution in [1.29, 1.82) is 0 Å². The van der Waals surface area contributed by atoms with Crippen LogP contribution in [0.25, 0.3) is 0 Å². The lowest BCUT2D eigenvalue weighted by atomic mass is 9.90. The van der Waals surface area contributed by atoms with Gasteiger partial charge in [-0.05, 0) is 35.3 Å². The first-order chi connectivity index (χ1) is 10.5. The van der Waals surface area contributed by atoms with Crippen LogP contribution in [0.3, 0.4) is 0 Å². The first kappa shape index (κ1) is 15.3. The SMILES string of the molecule is COCCC(C)(C)CNC(=O)N[C@@H]1[C@H]2Cc3ccccc3[C@H]21. The third-order valence-corrected chi connectivity index (χ3v) is 5.05. The monoisotopic (exact) mass is 302 g/mol. The van der Waals surface area contributed by atoms with Crippen molar-refractivity contribution in [2.75, 3.05) is 20.3 Å². The van der Waals surface area contributed by atoms with Crippen LogP contribution in [0.1, 0.15) is 37.3 Å². The quantitative estimate of drug-likeness (QED) is 0.849. The summed E-state index contributed by atoms with van der Waals surface area (Å²) >= 11 is 0. The Hall–Kier alpha value is -1.55. The minimum Gasteiger partial charge on any atom is -0.385 e. The number of carbonyl (C=O) groups is 1. The first-order valence-corrected chi connectivity index (χ1v) is 8.13. The molecule has 0 spiro atoms. The van der Waals surface area contributed by atoms with Gasteiger partial charge in [0.25, 0.3) is 0 Å². The van der Waals surface area contributed by atoms with Crippen molar-refractivity contribution in [3.05, 3.63) is 35.4 Å². The molecule has 3 atom stereocenters. The highest BCUT2D eigenvalue weighted by Crippen LogP contribution is 2.56. The molecule has 0 unspecified atom stereocenters. The second-order valence-corrected chi connectivity index (χ2v) is 7.35. The van der Waals surface area contributed by atoms with E-state index in [1.165, 1.54) is 11.1 Å². The number of methoxy groups -OCH3 is 1. The van der Waals surface area contributed by atoms with Crippen molar-refractivity contribution in [1.82, 2.24) is 10.6 Å². The summed E-state index contributed by atoms with van der Waals surface area (Å²) in [6, 6.07) is 8.87. The molecule has 22 heavy (non-hydrogen) atoms. The second kappa shape index (κ2) is 5.92. The van der Waals surface area contributed by atoms with E-state index in [0.717, 1.165) is 19.4 Å². The van der Waals surface area contributed by atoms with Gasteiger partial charge in [0.1, 0.15) is 0 Å². The molecule has 0 heterocycles. The van der Waals surface area contributed by atoms with Gasteiger partial charge in [0.15, 0.2) is 0 Å². The molecule has 4 heteroatoms. The lowest BCUT2D eigenvalue weighted by Crippen LogP contribution is -2.42. The standard InChI is InChI=1S/C18H26N2O2/c1-18(2,8-9-22-3)11-19-17(21)20-16-14-10-12-6-4-5-7-13(12)15(14)16/h4-7,14-16H,8-11H2,1-3H3,(H2,19,20,21)/t14-,15+,16+/m0/s1. The van der Waals surface area contributed by atoms with Gasteiger partial charge in [-0.3, -0.25) is 0 Å². The smallest absolute Gasteiger partial charge is 0.315 e. The van der Waals surface area contributed by atoms with Crippen LogP contribution in [0.4, 0.5) is 4.79 Å². The zero-order valence-electron chi connectivity index (χ0n) is 13.7. The van der Waals surface area contributed by atoms with Gasteiger partial charge in [0.2, 0.25) is 0 Å². The van der Waals surface area contributed by atoms with Crippen LogP contribution in [0.2, 0.25) is 0 Å². The summed E-state index contributed by atoms with van der Waals surface area (Å²) in [5.41, 5.74) is 2.94. The average molecular weight is 302 g/mol. The van der Waals surface area contributed by atoms with Crippen molar-refractivity contribution in [2.45, 2.75) is 38.6 Å². The number of nitrogens with one attached hydrogen (secondary N) is 2. The van der Waals surface area contributed by atoms with Crippen LogP contribution in [0.5, 0.6) is 0 Å². The van der Waals surface area contributed by atoms with Gasteiger partial charge in [-0.2, -0.15) is 0 Å². The fourth-order valence-electron chi connectivity index (χ4n) is 3.54. The molecule has 2 amide bonds. The summed E-state index contributed by atoms with van der Waals surface area (Å²) in [4.78, 5) is 12.1. The van der Waals surface area contributed by atoms with Gasteiger partial charge in [-0.1, -0.05) is 38.1 Å². The summed E-state index contributed by atoms with van der Waals surface area (Å²) in [6.45, 7) is 5.68.